The summed E-state index contributed by atoms with van der Waals surface area (Å²) in [6, 6.07) is 1.57. The molecule has 1 aliphatic carbocycles. The van der Waals surface area contributed by atoms with Gasteiger partial charge in [-0.3, -0.25) is 9.72 Å². The average Bonchev–Trinajstić information content (AvgIpc) is 2.45. The number of carbonyl (C=O) groups excluding carboxylic acids is 1. The number of hydrogen-bond acceptors (Lipinski definition) is 4. The summed E-state index contributed by atoms with van der Waals surface area (Å²) < 4.78 is 44.8. The van der Waals surface area contributed by atoms with Crippen molar-refractivity contribution in [3.8, 4) is 0 Å². The van der Waals surface area contributed by atoms with Crippen LogP contribution in [0.5, 0.6) is 0 Å². The van der Waals surface area contributed by atoms with Crippen molar-refractivity contribution in [2.24, 2.45) is 0 Å². The first kappa shape index (κ1) is 15.2. The Bertz CT molecular complexity index is 593. The predicted octanol–water partition coefficient (Wildman–Crippen LogP) is 3.12. The summed E-state index contributed by atoms with van der Waals surface area (Å²) in [4.78, 5) is 15.3. The predicted molar refractivity (Wildman–Crippen MR) is 68.2 cm³/mol. The van der Waals surface area contributed by atoms with Gasteiger partial charge < -0.3 is 4.74 Å². The highest BCUT2D eigenvalue weighted by Gasteiger charge is 2.32. The number of rotatable bonds is 3. The standard InChI is InChI=1S/C14H12F3NO3/c1-20-13(19)11-6-10(7-18-8-11)9-2-4-12(5-3-9)21-14(15,16)17/h2-4,6-8,12H,5H2,1H3. The Morgan fingerprint density at radius 1 is 1.38 bits per heavy atom. The molecule has 112 valence electrons. The Kier molecular flexibility index (Phi) is 4.42. The normalized spacial score (nSPS) is 18.3. The molecule has 0 aliphatic heterocycles. The highest BCUT2D eigenvalue weighted by molar-refractivity contribution is 5.90. The van der Waals surface area contributed by atoms with Crippen LogP contribution in [0, 0.1) is 0 Å². The molecule has 7 heteroatoms. The van der Waals surface area contributed by atoms with E-state index in [9.17, 15) is 18.0 Å². The third-order valence-corrected chi connectivity index (χ3v) is 2.84. The van der Waals surface area contributed by atoms with E-state index in [0.29, 0.717) is 11.1 Å². The lowest BCUT2D eigenvalue weighted by Gasteiger charge is -2.18. The fraction of sp³-hybridized carbons (Fsp3) is 0.286. The molecule has 0 amide bonds. The van der Waals surface area contributed by atoms with Crippen LogP contribution >= 0.6 is 0 Å². The third kappa shape index (κ3) is 4.16. The van der Waals surface area contributed by atoms with Gasteiger partial charge in [-0.1, -0.05) is 18.2 Å². The van der Waals surface area contributed by atoms with Gasteiger partial charge in [-0.05, 0) is 18.1 Å². The number of halogens is 3. The smallest absolute Gasteiger partial charge is 0.465 e. The molecular weight excluding hydrogens is 287 g/mol. The summed E-state index contributed by atoms with van der Waals surface area (Å²) in [7, 11) is 1.26. The van der Waals surface area contributed by atoms with Crippen LogP contribution in [0.2, 0.25) is 0 Å². The third-order valence-electron chi connectivity index (χ3n) is 2.84. The van der Waals surface area contributed by atoms with Gasteiger partial charge >= 0.3 is 12.3 Å². The molecule has 1 aliphatic rings. The number of carbonyl (C=O) groups is 1. The van der Waals surface area contributed by atoms with E-state index in [0.717, 1.165) is 0 Å². The molecule has 1 atom stereocenters. The number of esters is 1. The Balaban J connectivity index is 2.11. The zero-order chi connectivity index (χ0) is 15.5. The lowest BCUT2D eigenvalue weighted by Crippen LogP contribution is -2.22. The molecule has 0 saturated carbocycles. The lowest BCUT2D eigenvalue weighted by molar-refractivity contribution is -0.335. The summed E-state index contributed by atoms with van der Waals surface area (Å²) in [5.74, 6) is -0.525. The molecular formula is C14H12F3NO3. The molecule has 4 nitrogen and oxygen atoms in total. The summed E-state index contributed by atoms with van der Waals surface area (Å²) >= 11 is 0. The lowest BCUT2D eigenvalue weighted by atomic mass is 9.98. The van der Waals surface area contributed by atoms with Crippen LogP contribution in [0.1, 0.15) is 22.3 Å². The van der Waals surface area contributed by atoms with Gasteiger partial charge in [-0.15, -0.1) is 13.2 Å². The second-order valence-electron chi connectivity index (χ2n) is 4.31. The first-order chi connectivity index (χ1) is 9.89. The van der Waals surface area contributed by atoms with Crippen molar-refractivity contribution in [1.29, 1.82) is 0 Å². The van der Waals surface area contributed by atoms with E-state index in [4.69, 9.17) is 0 Å². The van der Waals surface area contributed by atoms with E-state index in [1.807, 2.05) is 0 Å². The maximum absolute atomic E-state index is 12.1. The van der Waals surface area contributed by atoms with E-state index < -0.39 is 18.4 Å². The van der Waals surface area contributed by atoms with Crippen molar-refractivity contribution in [2.45, 2.75) is 18.9 Å². The Morgan fingerprint density at radius 2 is 2.14 bits per heavy atom. The maximum Gasteiger partial charge on any atom is 0.523 e. The van der Waals surface area contributed by atoms with Crippen LogP contribution in [-0.4, -0.2) is 30.5 Å². The first-order valence-corrected chi connectivity index (χ1v) is 6.05. The van der Waals surface area contributed by atoms with E-state index in [2.05, 4.69) is 14.5 Å². The number of nitrogens with zero attached hydrogens (tertiary/aromatic N) is 1. The SMILES string of the molecule is COC(=O)c1cncc(C2=CCC(OC(F)(F)F)C=C2)c1. The van der Waals surface area contributed by atoms with Gasteiger partial charge in [0.15, 0.2) is 0 Å². The monoisotopic (exact) mass is 299 g/mol. The highest BCUT2D eigenvalue weighted by atomic mass is 19.4. The van der Waals surface area contributed by atoms with Crippen molar-refractivity contribution < 1.29 is 27.4 Å². The number of methoxy groups -OCH3 is 1. The summed E-state index contributed by atoms with van der Waals surface area (Å²) in [6.45, 7) is 0. The van der Waals surface area contributed by atoms with Gasteiger partial charge in [0.1, 0.15) is 0 Å². The van der Waals surface area contributed by atoms with Crippen LogP contribution in [0.3, 0.4) is 0 Å². The molecule has 0 N–H and O–H groups in total. The van der Waals surface area contributed by atoms with E-state index in [1.165, 1.54) is 31.7 Å². The van der Waals surface area contributed by atoms with Crippen LogP contribution in [0.25, 0.3) is 5.57 Å². The first-order valence-electron chi connectivity index (χ1n) is 6.05. The molecule has 2 rings (SSSR count). The molecule has 1 heterocycles. The summed E-state index contributed by atoms with van der Waals surface area (Å²) in [5, 5.41) is 0. The fourth-order valence-corrected chi connectivity index (χ4v) is 1.90. The van der Waals surface area contributed by atoms with E-state index in [1.54, 1.807) is 12.1 Å². The van der Waals surface area contributed by atoms with Crippen molar-refractivity contribution >= 4 is 11.5 Å². The number of aromatic nitrogens is 1. The quantitative estimate of drug-likeness (QED) is 0.805. The molecule has 0 bridgehead atoms. The molecule has 0 fully saturated rings. The van der Waals surface area contributed by atoms with Crippen LogP contribution < -0.4 is 0 Å². The van der Waals surface area contributed by atoms with Gasteiger partial charge in [-0.25, -0.2) is 4.79 Å². The van der Waals surface area contributed by atoms with Crippen molar-refractivity contribution in [2.75, 3.05) is 7.11 Å². The van der Waals surface area contributed by atoms with Crippen molar-refractivity contribution in [3.63, 3.8) is 0 Å². The van der Waals surface area contributed by atoms with Crippen molar-refractivity contribution in [3.05, 3.63) is 47.8 Å². The Morgan fingerprint density at radius 3 is 2.71 bits per heavy atom. The zero-order valence-corrected chi connectivity index (χ0v) is 11.1. The number of allylic oxidation sites excluding steroid dienone is 2. The van der Waals surface area contributed by atoms with Crippen molar-refractivity contribution in [1.82, 2.24) is 4.98 Å². The number of alkyl halides is 3. The maximum atomic E-state index is 12.1. The zero-order valence-electron chi connectivity index (χ0n) is 11.1. The van der Waals surface area contributed by atoms with Crippen LogP contribution in [0.15, 0.2) is 36.7 Å². The Labute approximate surface area is 118 Å². The van der Waals surface area contributed by atoms with Gasteiger partial charge in [0.25, 0.3) is 0 Å². The molecule has 0 radical (unpaired) electrons. The minimum atomic E-state index is -4.66. The molecule has 0 saturated heterocycles. The molecule has 0 aromatic carbocycles. The second-order valence-corrected chi connectivity index (χ2v) is 4.31. The molecule has 1 aromatic heterocycles. The minimum Gasteiger partial charge on any atom is -0.465 e. The number of pyridine rings is 1. The highest BCUT2D eigenvalue weighted by Crippen LogP contribution is 2.27. The average molecular weight is 299 g/mol. The molecule has 21 heavy (non-hydrogen) atoms. The van der Waals surface area contributed by atoms with Crippen LogP contribution in [0.4, 0.5) is 13.2 Å². The van der Waals surface area contributed by atoms with Crippen LogP contribution in [-0.2, 0) is 9.47 Å². The Hall–Kier alpha value is -2.15. The van der Waals surface area contributed by atoms with Gasteiger partial charge in [0, 0.05) is 18.0 Å². The second kappa shape index (κ2) is 6.09. The molecule has 0 spiro atoms. The van der Waals surface area contributed by atoms with Gasteiger partial charge in [0.2, 0.25) is 0 Å². The number of ether oxygens (including phenoxy) is 2. The molecule has 1 unspecified atom stereocenters. The number of hydrogen-bond donors (Lipinski definition) is 0. The summed E-state index contributed by atoms with van der Waals surface area (Å²) in [6.07, 6.45) is 1.72. The van der Waals surface area contributed by atoms with Gasteiger partial charge in [0.05, 0.1) is 18.8 Å². The summed E-state index contributed by atoms with van der Waals surface area (Å²) in [5.41, 5.74) is 1.58. The molecule has 1 aromatic rings. The topological polar surface area (TPSA) is 48.4 Å². The van der Waals surface area contributed by atoms with E-state index >= 15 is 0 Å². The minimum absolute atomic E-state index is 0.0911. The fourth-order valence-electron chi connectivity index (χ4n) is 1.90. The van der Waals surface area contributed by atoms with E-state index in [-0.39, 0.29) is 12.0 Å². The van der Waals surface area contributed by atoms with Gasteiger partial charge in [-0.2, -0.15) is 0 Å². The largest absolute Gasteiger partial charge is 0.523 e.